The summed E-state index contributed by atoms with van der Waals surface area (Å²) in [5.41, 5.74) is 7.15. The largest absolute Gasteiger partial charge is 0.481 e. The minimum Gasteiger partial charge on any atom is -0.481 e. The fourth-order valence-electron chi connectivity index (χ4n) is 1.18. The third-order valence-electron chi connectivity index (χ3n) is 2.14. The molecule has 0 aliphatic heterocycles. The summed E-state index contributed by atoms with van der Waals surface area (Å²) in [6.07, 6.45) is -0.201. The van der Waals surface area contributed by atoms with Gasteiger partial charge in [-0.15, -0.1) is 0 Å². The lowest BCUT2D eigenvalue weighted by molar-refractivity contribution is -0.137. The van der Waals surface area contributed by atoms with Crippen LogP contribution >= 0.6 is 0 Å². The quantitative estimate of drug-likeness (QED) is 0.591. The van der Waals surface area contributed by atoms with Crippen molar-refractivity contribution in [1.82, 2.24) is 0 Å². The molecule has 1 aromatic rings. The molecular formula is C11H13NO4. The summed E-state index contributed by atoms with van der Waals surface area (Å²) in [5, 5.41) is 8.38. The Balaban J connectivity index is 2.66. The number of carbonyl (C=O) groups excluding carboxylic acids is 1. The predicted molar refractivity (Wildman–Crippen MR) is 58.1 cm³/mol. The van der Waals surface area contributed by atoms with Crippen LogP contribution in [-0.2, 0) is 9.53 Å². The van der Waals surface area contributed by atoms with Gasteiger partial charge in [-0.05, 0) is 24.6 Å². The van der Waals surface area contributed by atoms with Crippen LogP contribution in [0.15, 0.2) is 18.2 Å². The van der Waals surface area contributed by atoms with E-state index in [9.17, 15) is 9.59 Å². The second-order valence-electron chi connectivity index (χ2n) is 3.30. The van der Waals surface area contributed by atoms with E-state index in [-0.39, 0.29) is 13.0 Å². The maximum atomic E-state index is 11.5. The molecule has 0 fully saturated rings. The van der Waals surface area contributed by atoms with Crippen LogP contribution in [-0.4, -0.2) is 23.7 Å². The van der Waals surface area contributed by atoms with E-state index in [1.807, 2.05) is 0 Å². The van der Waals surface area contributed by atoms with Crippen LogP contribution in [0.25, 0.3) is 0 Å². The van der Waals surface area contributed by atoms with E-state index in [0.29, 0.717) is 16.8 Å². The molecule has 0 radical (unpaired) electrons. The van der Waals surface area contributed by atoms with E-state index in [1.54, 1.807) is 25.1 Å². The van der Waals surface area contributed by atoms with Crippen molar-refractivity contribution >= 4 is 17.6 Å². The number of nitrogen functional groups attached to an aromatic ring is 1. The molecule has 16 heavy (non-hydrogen) atoms. The van der Waals surface area contributed by atoms with Crippen molar-refractivity contribution < 1.29 is 19.4 Å². The highest BCUT2D eigenvalue weighted by molar-refractivity contribution is 5.92. The molecular weight excluding hydrogens is 210 g/mol. The van der Waals surface area contributed by atoms with Crippen molar-refractivity contribution in [2.75, 3.05) is 12.3 Å². The van der Waals surface area contributed by atoms with Gasteiger partial charge in [-0.2, -0.15) is 0 Å². The Labute approximate surface area is 92.8 Å². The first-order valence-electron chi connectivity index (χ1n) is 4.76. The first-order chi connectivity index (χ1) is 7.52. The maximum Gasteiger partial charge on any atom is 0.338 e. The van der Waals surface area contributed by atoms with Crippen LogP contribution in [0, 0.1) is 6.92 Å². The Bertz CT molecular complexity index is 414. The molecule has 1 aromatic carbocycles. The van der Waals surface area contributed by atoms with Crippen molar-refractivity contribution in [2.45, 2.75) is 13.3 Å². The molecule has 1 rings (SSSR count). The Morgan fingerprint density at radius 1 is 1.44 bits per heavy atom. The zero-order valence-electron chi connectivity index (χ0n) is 8.90. The number of carbonyl (C=O) groups is 2. The van der Waals surface area contributed by atoms with Crippen LogP contribution in [0.1, 0.15) is 22.3 Å². The minimum absolute atomic E-state index is 0.137. The summed E-state index contributed by atoms with van der Waals surface area (Å²) < 4.78 is 4.80. The van der Waals surface area contributed by atoms with Gasteiger partial charge < -0.3 is 15.6 Å². The number of carboxylic acid groups (broad SMARTS) is 1. The van der Waals surface area contributed by atoms with E-state index in [0.717, 1.165) is 0 Å². The summed E-state index contributed by atoms with van der Waals surface area (Å²) in [5.74, 6) is -1.55. The van der Waals surface area contributed by atoms with Crippen molar-refractivity contribution in [2.24, 2.45) is 0 Å². The van der Waals surface area contributed by atoms with Crippen molar-refractivity contribution in [1.29, 1.82) is 0 Å². The fraction of sp³-hybridized carbons (Fsp3) is 0.273. The van der Waals surface area contributed by atoms with Crippen molar-refractivity contribution in [3.05, 3.63) is 29.3 Å². The van der Waals surface area contributed by atoms with Crippen LogP contribution < -0.4 is 5.73 Å². The number of benzene rings is 1. The Morgan fingerprint density at radius 2 is 2.12 bits per heavy atom. The molecule has 5 heteroatoms. The number of hydrogen-bond donors (Lipinski definition) is 2. The van der Waals surface area contributed by atoms with Gasteiger partial charge >= 0.3 is 11.9 Å². The number of rotatable bonds is 4. The average molecular weight is 223 g/mol. The van der Waals surface area contributed by atoms with E-state index in [1.165, 1.54) is 0 Å². The predicted octanol–water partition coefficient (Wildman–Crippen LogP) is 1.21. The molecule has 0 saturated heterocycles. The number of hydrogen-bond acceptors (Lipinski definition) is 4. The molecule has 5 nitrogen and oxygen atoms in total. The Hall–Kier alpha value is -2.04. The fourth-order valence-corrected chi connectivity index (χ4v) is 1.18. The first-order valence-corrected chi connectivity index (χ1v) is 4.76. The summed E-state index contributed by atoms with van der Waals surface area (Å²) in [4.78, 5) is 21.8. The molecule has 3 N–H and O–H groups in total. The number of ether oxygens (including phenoxy) is 1. The van der Waals surface area contributed by atoms with Crippen molar-refractivity contribution in [3.8, 4) is 0 Å². The van der Waals surface area contributed by atoms with E-state index < -0.39 is 11.9 Å². The molecule has 0 aromatic heterocycles. The summed E-state index contributed by atoms with van der Waals surface area (Å²) >= 11 is 0. The molecule has 0 aliphatic carbocycles. The number of aliphatic carboxylic acids is 1. The highest BCUT2D eigenvalue weighted by Crippen LogP contribution is 2.16. The SMILES string of the molecule is Cc1c(N)cccc1C(=O)OCCC(=O)O. The molecule has 0 spiro atoms. The lowest BCUT2D eigenvalue weighted by Crippen LogP contribution is -2.11. The van der Waals surface area contributed by atoms with Gasteiger partial charge in [0.25, 0.3) is 0 Å². The number of nitrogens with two attached hydrogens (primary N) is 1. The average Bonchev–Trinajstić information content (AvgIpc) is 2.21. The molecule has 0 bridgehead atoms. The van der Waals surface area contributed by atoms with Gasteiger partial charge in [0.1, 0.15) is 6.61 Å². The maximum absolute atomic E-state index is 11.5. The summed E-state index contributed by atoms with van der Waals surface area (Å²) in [7, 11) is 0. The molecule has 0 saturated carbocycles. The van der Waals surface area contributed by atoms with Crippen molar-refractivity contribution in [3.63, 3.8) is 0 Å². The van der Waals surface area contributed by atoms with Crippen LogP contribution in [0.3, 0.4) is 0 Å². The van der Waals surface area contributed by atoms with Gasteiger partial charge in [0.15, 0.2) is 0 Å². The minimum atomic E-state index is -1.00. The standard InChI is InChI=1S/C11H13NO4/c1-7-8(3-2-4-9(7)12)11(15)16-6-5-10(13)14/h2-4H,5-6,12H2,1H3,(H,13,14). The normalized spacial score (nSPS) is 9.81. The van der Waals surface area contributed by atoms with Gasteiger partial charge in [0, 0.05) is 5.69 Å². The molecule has 86 valence electrons. The number of esters is 1. The van der Waals surface area contributed by atoms with Crippen LogP contribution in [0.4, 0.5) is 5.69 Å². The summed E-state index contributed by atoms with van der Waals surface area (Å²) in [6, 6.07) is 4.92. The van der Waals surface area contributed by atoms with Crippen LogP contribution in [0.5, 0.6) is 0 Å². The smallest absolute Gasteiger partial charge is 0.338 e. The Kier molecular flexibility index (Phi) is 3.88. The second kappa shape index (κ2) is 5.16. The van der Waals surface area contributed by atoms with Gasteiger partial charge in [0.05, 0.1) is 12.0 Å². The highest BCUT2D eigenvalue weighted by atomic mass is 16.5. The molecule has 0 atom stereocenters. The topological polar surface area (TPSA) is 89.6 Å². The van der Waals surface area contributed by atoms with Gasteiger partial charge in [0.2, 0.25) is 0 Å². The third-order valence-corrected chi connectivity index (χ3v) is 2.14. The van der Waals surface area contributed by atoms with Gasteiger partial charge in [-0.1, -0.05) is 6.07 Å². The number of anilines is 1. The zero-order valence-corrected chi connectivity index (χ0v) is 8.90. The third kappa shape index (κ3) is 2.98. The molecule has 0 heterocycles. The monoisotopic (exact) mass is 223 g/mol. The highest BCUT2D eigenvalue weighted by Gasteiger charge is 2.12. The van der Waals surface area contributed by atoms with E-state index in [4.69, 9.17) is 15.6 Å². The van der Waals surface area contributed by atoms with Gasteiger partial charge in [-0.25, -0.2) is 4.79 Å². The van der Waals surface area contributed by atoms with E-state index >= 15 is 0 Å². The number of carboxylic acids is 1. The lowest BCUT2D eigenvalue weighted by Gasteiger charge is -2.07. The molecule has 0 unspecified atom stereocenters. The second-order valence-corrected chi connectivity index (χ2v) is 3.30. The zero-order chi connectivity index (χ0) is 12.1. The summed E-state index contributed by atoms with van der Waals surface area (Å²) in [6.45, 7) is 1.57. The van der Waals surface area contributed by atoms with Gasteiger partial charge in [-0.3, -0.25) is 4.79 Å². The first kappa shape index (κ1) is 12.0. The molecule has 0 amide bonds. The molecule has 0 aliphatic rings. The Morgan fingerprint density at radius 3 is 2.75 bits per heavy atom. The lowest BCUT2D eigenvalue weighted by atomic mass is 10.1. The van der Waals surface area contributed by atoms with Crippen LogP contribution in [0.2, 0.25) is 0 Å². The van der Waals surface area contributed by atoms with E-state index in [2.05, 4.69) is 0 Å².